The van der Waals surface area contributed by atoms with Crippen LogP contribution in [-0.4, -0.2) is 30.9 Å². The number of carbonyl (C=O) groups excluding carboxylic acids is 1. The Morgan fingerprint density at radius 3 is 2.65 bits per heavy atom. The molecule has 0 aromatic heterocycles. The van der Waals surface area contributed by atoms with E-state index in [9.17, 15) is 9.18 Å². The van der Waals surface area contributed by atoms with Crippen molar-refractivity contribution in [3.05, 3.63) is 29.6 Å². The minimum Gasteiger partial charge on any atom is -0.494 e. The second-order valence-electron chi connectivity index (χ2n) is 6.47. The summed E-state index contributed by atoms with van der Waals surface area (Å²) in [6.07, 6.45) is 0.917. The van der Waals surface area contributed by atoms with Crippen molar-refractivity contribution >= 4 is 6.03 Å². The zero-order chi connectivity index (χ0) is 17.2. The van der Waals surface area contributed by atoms with E-state index in [0.717, 1.165) is 6.42 Å². The lowest BCUT2D eigenvalue weighted by molar-refractivity contribution is -0.00464. The fourth-order valence-corrected chi connectivity index (χ4v) is 2.65. The van der Waals surface area contributed by atoms with E-state index in [-0.39, 0.29) is 35.6 Å². The number of rotatable bonds is 6. The highest BCUT2D eigenvalue weighted by Gasteiger charge is 2.53. The molecule has 3 atom stereocenters. The lowest BCUT2D eigenvalue weighted by atomic mass is 10.1. The summed E-state index contributed by atoms with van der Waals surface area (Å²) in [5.41, 5.74) is 0.386. The van der Waals surface area contributed by atoms with Gasteiger partial charge < -0.3 is 20.1 Å². The van der Waals surface area contributed by atoms with Crippen molar-refractivity contribution in [3.63, 3.8) is 0 Å². The maximum absolute atomic E-state index is 13.7. The lowest BCUT2D eigenvalue weighted by Crippen LogP contribution is -2.41. The van der Waals surface area contributed by atoms with E-state index < -0.39 is 5.82 Å². The number of methoxy groups -OCH3 is 1. The van der Waals surface area contributed by atoms with E-state index in [2.05, 4.69) is 10.6 Å². The molecule has 6 heteroatoms. The normalized spacial score (nSPS) is 24.2. The maximum Gasteiger partial charge on any atom is 0.315 e. The number of halogens is 1. The van der Waals surface area contributed by atoms with Crippen LogP contribution in [0.25, 0.3) is 0 Å². The molecule has 1 aromatic carbocycles. The summed E-state index contributed by atoms with van der Waals surface area (Å²) in [5.74, 6) is -0.260. The van der Waals surface area contributed by atoms with Gasteiger partial charge in [-0.1, -0.05) is 6.07 Å². The van der Waals surface area contributed by atoms with Crippen molar-refractivity contribution in [2.45, 2.75) is 57.9 Å². The van der Waals surface area contributed by atoms with Gasteiger partial charge in [0.05, 0.1) is 30.9 Å². The van der Waals surface area contributed by atoms with Gasteiger partial charge >= 0.3 is 6.03 Å². The molecule has 1 fully saturated rings. The van der Waals surface area contributed by atoms with Crippen LogP contribution in [0.2, 0.25) is 0 Å². The second kappa shape index (κ2) is 6.74. The molecule has 0 spiro atoms. The van der Waals surface area contributed by atoms with Crippen molar-refractivity contribution < 1.29 is 18.7 Å². The summed E-state index contributed by atoms with van der Waals surface area (Å²) in [5, 5.41) is 5.70. The Bertz CT molecular complexity index is 579. The van der Waals surface area contributed by atoms with Gasteiger partial charge in [-0.2, -0.15) is 0 Å². The van der Waals surface area contributed by atoms with Crippen LogP contribution in [0.15, 0.2) is 18.2 Å². The van der Waals surface area contributed by atoms with E-state index in [4.69, 9.17) is 9.47 Å². The molecule has 2 amide bonds. The molecule has 1 unspecified atom stereocenters. The lowest BCUT2D eigenvalue weighted by Gasteiger charge is -2.19. The Labute approximate surface area is 136 Å². The molecule has 1 aliphatic rings. The summed E-state index contributed by atoms with van der Waals surface area (Å²) in [6.45, 7) is 7.74. The molecule has 0 saturated heterocycles. The molecule has 1 saturated carbocycles. The van der Waals surface area contributed by atoms with E-state index in [1.54, 1.807) is 19.1 Å². The van der Waals surface area contributed by atoms with Gasteiger partial charge in [-0.05, 0) is 45.4 Å². The number of nitrogens with one attached hydrogen (secondary N) is 2. The van der Waals surface area contributed by atoms with Gasteiger partial charge in [-0.3, -0.25) is 0 Å². The zero-order valence-electron chi connectivity index (χ0n) is 14.3. The van der Waals surface area contributed by atoms with Crippen molar-refractivity contribution in [1.82, 2.24) is 10.6 Å². The number of carbonyl (C=O) groups is 1. The van der Waals surface area contributed by atoms with Crippen LogP contribution in [0.1, 0.15) is 45.7 Å². The molecule has 0 heterocycles. The first-order chi connectivity index (χ1) is 10.7. The Kier molecular flexibility index (Phi) is 5.14. The molecule has 5 nitrogen and oxygen atoms in total. The second-order valence-corrected chi connectivity index (χ2v) is 6.47. The first kappa shape index (κ1) is 17.5. The Morgan fingerprint density at radius 1 is 1.39 bits per heavy atom. The largest absolute Gasteiger partial charge is 0.494 e. The minimum atomic E-state index is -0.445. The third-order valence-corrected chi connectivity index (χ3v) is 4.02. The van der Waals surface area contributed by atoms with Gasteiger partial charge in [0.1, 0.15) is 0 Å². The van der Waals surface area contributed by atoms with Crippen LogP contribution in [0.4, 0.5) is 9.18 Å². The molecule has 2 N–H and O–H groups in total. The summed E-state index contributed by atoms with van der Waals surface area (Å²) in [4.78, 5) is 12.1. The van der Waals surface area contributed by atoms with Crippen LogP contribution >= 0.6 is 0 Å². The number of urea groups is 1. The third kappa shape index (κ3) is 4.34. The monoisotopic (exact) mass is 324 g/mol. The van der Waals surface area contributed by atoms with Crippen LogP contribution in [0, 0.1) is 5.82 Å². The van der Waals surface area contributed by atoms with Crippen LogP contribution in [0.5, 0.6) is 5.75 Å². The van der Waals surface area contributed by atoms with E-state index in [1.807, 2.05) is 20.8 Å². The molecule has 23 heavy (non-hydrogen) atoms. The highest BCUT2D eigenvalue weighted by Crippen LogP contribution is 2.40. The molecular weight excluding hydrogens is 299 g/mol. The molecule has 1 aromatic rings. The molecule has 1 aliphatic carbocycles. The molecule has 0 radical (unpaired) electrons. The third-order valence-electron chi connectivity index (χ3n) is 4.02. The van der Waals surface area contributed by atoms with Crippen molar-refractivity contribution in [1.29, 1.82) is 0 Å². The number of hydrogen-bond acceptors (Lipinski definition) is 3. The fraction of sp³-hybridized carbons (Fsp3) is 0.588. The standard InChI is InChI=1S/C17H25FN2O3/c1-10(2)23-17(4)9-15(17)20-16(21)19-11(3)12-6-7-14(22-5)13(18)8-12/h6-8,10-11,15H,9H2,1-5H3,(H2,19,20,21)/t11?,15-,17+/m1/s1. The first-order valence-corrected chi connectivity index (χ1v) is 7.83. The quantitative estimate of drug-likeness (QED) is 0.845. The van der Waals surface area contributed by atoms with Crippen LogP contribution in [0.3, 0.4) is 0 Å². The Morgan fingerprint density at radius 2 is 2.09 bits per heavy atom. The predicted molar refractivity (Wildman–Crippen MR) is 86.1 cm³/mol. The Balaban J connectivity index is 1.87. The molecule has 0 bridgehead atoms. The summed E-state index contributed by atoms with van der Waals surface area (Å²) >= 11 is 0. The number of benzene rings is 1. The molecule has 128 valence electrons. The maximum atomic E-state index is 13.7. The fourth-order valence-electron chi connectivity index (χ4n) is 2.65. The van der Waals surface area contributed by atoms with Gasteiger partial charge in [0.2, 0.25) is 0 Å². The first-order valence-electron chi connectivity index (χ1n) is 7.83. The van der Waals surface area contributed by atoms with Gasteiger partial charge in [-0.15, -0.1) is 0 Å². The van der Waals surface area contributed by atoms with Gasteiger partial charge in [0.25, 0.3) is 0 Å². The van der Waals surface area contributed by atoms with Gasteiger partial charge in [-0.25, -0.2) is 9.18 Å². The highest BCUT2D eigenvalue weighted by molar-refractivity contribution is 5.75. The molecule has 0 aliphatic heterocycles. The summed E-state index contributed by atoms with van der Waals surface area (Å²) in [7, 11) is 1.42. The smallest absolute Gasteiger partial charge is 0.315 e. The summed E-state index contributed by atoms with van der Waals surface area (Å²) in [6, 6.07) is 4.06. The minimum absolute atomic E-state index is 0.00436. The van der Waals surface area contributed by atoms with Crippen molar-refractivity contribution in [3.8, 4) is 5.75 Å². The highest BCUT2D eigenvalue weighted by atomic mass is 19.1. The van der Waals surface area contributed by atoms with Gasteiger partial charge in [0.15, 0.2) is 11.6 Å². The van der Waals surface area contributed by atoms with Crippen LogP contribution < -0.4 is 15.4 Å². The predicted octanol–water partition coefficient (Wildman–Crippen LogP) is 3.15. The van der Waals surface area contributed by atoms with E-state index in [0.29, 0.717) is 5.56 Å². The van der Waals surface area contributed by atoms with E-state index >= 15 is 0 Å². The van der Waals surface area contributed by atoms with Gasteiger partial charge in [0, 0.05) is 6.42 Å². The zero-order valence-corrected chi connectivity index (χ0v) is 14.3. The number of hydrogen-bond donors (Lipinski definition) is 2. The number of amides is 2. The molecule has 2 rings (SSSR count). The Hall–Kier alpha value is -1.82. The average Bonchev–Trinajstić information content (AvgIpc) is 3.06. The van der Waals surface area contributed by atoms with E-state index in [1.165, 1.54) is 13.2 Å². The van der Waals surface area contributed by atoms with Crippen LogP contribution in [-0.2, 0) is 4.74 Å². The van der Waals surface area contributed by atoms with Crippen molar-refractivity contribution in [2.24, 2.45) is 0 Å². The topological polar surface area (TPSA) is 59.6 Å². The summed E-state index contributed by atoms with van der Waals surface area (Å²) < 4.78 is 24.4. The average molecular weight is 324 g/mol. The van der Waals surface area contributed by atoms with Crippen molar-refractivity contribution in [2.75, 3.05) is 7.11 Å². The number of ether oxygens (including phenoxy) is 2. The SMILES string of the molecule is COc1ccc(C(C)NC(=O)N[C@@H]2C[C@]2(C)OC(C)C)cc1F. The molecular formula is C17H25FN2O3.